The van der Waals surface area contributed by atoms with Crippen molar-refractivity contribution >= 4 is 11.2 Å². The summed E-state index contributed by atoms with van der Waals surface area (Å²) in [7, 11) is 1.67. The number of benzene rings is 1. The van der Waals surface area contributed by atoms with E-state index in [0.29, 0.717) is 0 Å². The number of imidazole rings is 1. The zero-order valence-electron chi connectivity index (χ0n) is 11.2. The number of nitrogens with one attached hydrogen (secondary N) is 1. The average Bonchev–Trinajstić information content (AvgIpc) is 2.84. The molecule has 1 aromatic carbocycles. The van der Waals surface area contributed by atoms with Crippen LogP contribution in [0.5, 0.6) is 5.75 Å². The Morgan fingerprint density at radius 1 is 1.16 bits per heavy atom. The number of methoxy groups -OCH3 is 1. The number of fused-ring (bicyclic) bond motifs is 1. The third-order valence-corrected chi connectivity index (χ3v) is 3.21. The number of aromatic amines is 1. The zero-order valence-corrected chi connectivity index (χ0v) is 11.2. The molecule has 3 rings (SSSR count). The molecule has 0 aliphatic carbocycles. The van der Waals surface area contributed by atoms with E-state index in [1.54, 1.807) is 13.3 Å². The van der Waals surface area contributed by atoms with Crippen LogP contribution in [-0.4, -0.2) is 22.1 Å². The molecule has 19 heavy (non-hydrogen) atoms. The van der Waals surface area contributed by atoms with E-state index in [2.05, 4.69) is 27.9 Å². The highest BCUT2D eigenvalue weighted by Crippen LogP contribution is 2.30. The molecule has 0 radical (unpaired) electrons. The minimum absolute atomic E-state index is 0.735. The Morgan fingerprint density at radius 2 is 2.00 bits per heavy atom. The van der Waals surface area contributed by atoms with E-state index in [9.17, 15) is 0 Å². The predicted molar refractivity (Wildman–Crippen MR) is 75.4 cm³/mol. The van der Waals surface area contributed by atoms with E-state index in [1.165, 1.54) is 5.56 Å². The number of ether oxygens (including phenoxy) is 1. The molecule has 0 saturated heterocycles. The first kappa shape index (κ1) is 11.7. The fourth-order valence-corrected chi connectivity index (χ4v) is 2.17. The van der Waals surface area contributed by atoms with Gasteiger partial charge in [-0.15, -0.1) is 0 Å². The van der Waals surface area contributed by atoms with Gasteiger partial charge in [-0.1, -0.05) is 11.6 Å². The van der Waals surface area contributed by atoms with Crippen LogP contribution in [0.15, 0.2) is 30.5 Å². The van der Waals surface area contributed by atoms with Gasteiger partial charge in [-0.3, -0.25) is 0 Å². The van der Waals surface area contributed by atoms with Crippen molar-refractivity contribution in [1.29, 1.82) is 0 Å². The van der Waals surface area contributed by atoms with Crippen molar-refractivity contribution in [2.45, 2.75) is 13.8 Å². The summed E-state index contributed by atoms with van der Waals surface area (Å²) in [5.41, 5.74) is 4.97. The standard InChI is InChI=1S/C15H15N3O/c1-9-4-5-12(19-3)11(8-9)14-17-13-10(2)6-7-16-15(13)18-14/h4-8H,1-3H3,(H,16,17,18). The molecule has 0 bridgehead atoms. The highest BCUT2D eigenvalue weighted by atomic mass is 16.5. The molecule has 4 nitrogen and oxygen atoms in total. The molecule has 0 fully saturated rings. The van der Waals surface area contributed by atoms with Gasteiger partial charge in [0.1, 0.15) is 11.6 Å². The second-order valence-corrected chi connectivity index (χ2v) is 4.62. The number of H-pyrrole nitrogens is 1. The van der Waals surface area contributed by atoms with Gasteiger partial charge in [0, 0.05) is 6.20 Å². The molecular weight excluding hydrogens is 238 g/mol. The molecule has 1 N–H and O–H groups in total. The highest BCUT2D eigenvalue weighted by Gasteiger charge is 2.12. The molecule has 0 aliphatic heterocycles. The Kier molecular flexibility index (Phi) is 2.71. The second kappa shape index (κ2) is 4.39. The molecule has 0 atom stereocenters. The molecule has 3 aromatic rings. The third kappa shape index (κ3) is 1.95. The van der Waals surface area contributed by atoms with Crippen LogP contribution in [0.2, 0.25) is 0 Å². The van der Waals surface area contributed by atoms with Crippen molar-refractivity contribution in [1.82, 2.24) is 15.0 Å². The van der Waals surface area contributed by atoms with Crippen LogP contribution in [0.4, 0.5) is 0 Å². The summed E-state index contributed by atoms with van der Waals surface area (Å²) in [4.78, 5) is 12.2. The molecule has 0 saturated carbocycles. The highest BCUT2D eigenvalue weighted by molar-refractivity contribution is 5.80. The van der Waals surface area contributed by atoms with E-state index in [-0.39, 0.29) is 0 Å². The predicted octanol–water partition coefficient (Wildman–Crippen LogP) is 3.25. The molecule has 0 spiro atoms. The van der Waals surface area contributed by atoms with Crippen LogP contribution in [0.3, 0.4) is 0 Å². The van der Waals surface area contributed by atoms with E-state index in [0.717, 1.165) is 33.9 Å². The summed E-state index contributed by atoms with van der Waals surface area (Å²) in [6.07, 6.45) is 1.77. The normalized spacial score (nSPS) is 10.9. The lowest BCUT2D eigenvalue weighted by molar-refractivity contribution is 0.416. The zero-order chi connectivity index (χ0) is 13.4. The second-order valence-electron chi connectivity index (χ2n) is 4.62. The van der Waals surface area contributed by atoms with E-state index < -0.39 is 0 Å². The van der Waals surface area contributed by atoms with Gasteiger partial charge in [0.2, 0.25) is 0 Å². The SMILES string of the molecule is COc1ccc(C)cc1-c1nc2nccc(C)c2[nH]1. The topological polar surface area (TPSA) is 50.8 Å². The van der Waals surface area contributed by atoms with Crippen LogP contribution in [0.25, 0.3) is 22.6 Å². The summed E-state index contributed by atoms with van der Waals surface area (Å²) in [5.74, 6) is 1.60. The first-order chi connectivity index (χ1) is 9.19. The Hall–Kier alpha value is -2.36. The first-order valence-corrected chi connectivity index (χ1v) is 6.15. The maximum atomic E-state index is 5.40. The average molecular weight is 253 g/mol. The van der Waals surface area contributed by atoms with Gasteiger partial charge in [-0.25, -0.2) is 9.97 Å². The molecular formula is C15H15N3O. The van der Waals surface area contributed by atoms with Gasteiger partial charge in [-0.05, 0) is 37.6 Å². The van der Waals surface area contributed by atoms with E-state index in [1.807, 2.05) is 25.1 Å². The fraction of sp³-hybridized carbons (Fsp3) is 0.200. The van der Waals surface area contributed by atoms with Crippen molar-refractivity contribution in [3.05, 3.63) is 41.6 Å². The quantitative estimate of drug-likeness (QED) is 0.762. The third-order valence-electron chi connectivity index (χ3n) is 3.21. The molecule has 2 heterocycles. The van der Waals surface area contributed by atoms with E-state index >= 15 is 0 Å². The summed E-state index contributed by atoms with van der Waals surface area (Å²) in [5, 5.41) is 0. The number of hydrogen-bond donors (Lipinski definition) is 1. The maximum absolute atomic E-state index is 5.40. The van der Waals surface area contributed by atoms with Gasteiger partial charge in [0.15, 0.2) is 5.65 Å². The summed E-state index contributed by atoms with van der Waals surface area (Å²) in [6, 6.07) is 8.01. The Morgan fingerprint density at radius 3 is 2.74 bits per heavy atom. The van der Waals surface area contributed by atoms with Crippen LogP contribution in [0, 0.1) is 13.8 Å². The van der Waals surface area contributed by atoms with Crippen molar-refractivity contribution in [3.63, 3.8) is 0 Å². The van der Waals surface area contributed by atoms with Crippen molar-refractivity contribution < 1.29 is 4.74 Å². The molecule has 0 amide bonds. The largest absolute Gasteiger partial charge is 0.496 e. The van der Waals surface area contributed by atoms with Crippen molar-refractivity contribution in [2.24, 2.45) is 0 Å². The van der Waals surface area contributed by atoms with Crippen molar-refractivity contribution in [2.75, 3.05) is 7.11 Å². The summed E-state index contributed by atoms with van der Waals surface area (Å²) in [6.45, 7) is 4.09. The molecule has 0 unspecified atom stereocenters. The molecule has 2 aromatic heterocycles. The Balaban J connectivity index is 2.24. The number of aromatic nitrogens is 3. The van der Waals surface area contributed by atoms with Crippen LogP contribution < -0.4 is 4.74 Å². The van der Waals surface area contributed by atoms with Gasteiger partial charge < -0.3 is 9.72 Å². The first-order valence-electron chi connectivity index (χ1n) is 6.15. The lowest BCUT2D eigenvalue weighted by Gasteiger charge is -2.06. The number of hydrogen-bond acceptors (Lipinski definition) is 3. The smallest absolute Gasteiger partial charge is 0.178 e. The maximum Gasteiger partial charge on any atom is 0.178 e. The summed E-state index contributed by atoms with van der Waals surface area (Å²) >= 11 is 0. The molecule has 0 aliphatic rings. The van der Waals surface area contributed by atoms with E-state index in [4.69, 9.17) is 4.74 Å². The van der Waals surface area contributed by atoms with Gasteiger partial charge in [0.25, 0.3) is 0 Å². The number of nitrogens with zero attached hydrogens (tertiary/aromatic N) is 2. The van der Waals surface area contributed by atoms with Crippen LogP contribution in [0.1, 0.15) is 11.1 Å². The van der Waals surface area contributed by atoms with Crippen LogP contribution >= 0.6 is 0 Å². The fourth-order valence-electron chi connectivity index (χ4n) is 2.17. The van der Waals surface area contributed by atoms with Gasteiger partial charge >= 0.3 is 0 Å². The number of pyridine rings is 1. The minimum Gasteiger partial charge on any atom is -0.496 e. The number of rotatable bonds is 2. The Labute approximate surface area is 111 Å². The van der Waals surface area contributed by atoms with Gasteiger partial charge in [0.05, 0.1) is 18.2 Å². The molecule has 96 valence electrons. The van der Waals surface area contributed by atoms with Crippen LogP contribution in [-0.2, 0) is 0 Å². The minimum atomic E-state index is 0.735. The molecule has 4 heteroatoms. The van der Waals surface area contributed by atoms with Crippen molar-refractivity contribution in [3.8, 4) is 17.1 Å². The lowest BCUT2D eigenvalue weighted by atomic mass is 10.1. The van der Waals surface area contributed by atoms with Gasteiger partial charge in [-0.2, -0.15) is 0 Å². The Bertz CT molecular complexity index is 746. The number of aryl methyl sites for hydroxylation is 2. The summed E-state index contributed by atoms with van der Waals surface area (Å²) < 4.78 is 5.40. The monoisotopic (exact) mass is 253 g/mol. The lowest BCUT2D eigenvalue weighted by Crippen LogP contribution is -1.90.